The summed E-state index contributed by atoms with van der Waals surface area (Å²) in [6.07, 6.45) is 3.77. The van der Waals surface area contributed by atoms with Crippen molar-refractivity contribution in [3.63, 3.8) is 0 Å². The molecule has 0 bridgehead atoms. The number of rotatable bonds is 6. The van der Waals surface area contributed by atoms with Crippen LogP contribution < -0.4 is 10.9 Å². The summed E-state index contributed by atoms with van der Waals surface area (Å²) < 4.78 is 6.64. The van der Waals surface area contributed by atoms with Crippen LogP contribution in [0.1, 0.15) is 52.4 Å². The molecule has 1 N–H and O–H groups in total. The predicted molar refractivity (Wildman–Crippen MR) is 113 cm³/mol. The smallest absolute Gasteiger partial charge is 0.271 e. The van der Waals surface area contributed by atoms with E-state index in [9.17, 15) is 9.59 Å². The summed E-state index contributed by atoms with van der Waals surface area (Å²) in [5.41, 5.74) is 0.709. The average molecular weight is 423 g/mol. The SMILES string of the molecule is Cc1noc(C(NC(=O)c2cnc3sc(Cc4ccccc4)cn3c2=O)C(C)C)n1. The summed E-state index contributed by atoms with van der Waals surface area (Å²) in [7, 11) is 0. The van der Waals surface area contributed by atoms with E-state index >= 15 is 0 Å². The van der Waals surface area contributed by atoms with Crippen molar-refractivity contribution in [1.82, 2.24) is 24.8 Å². The van der Waals surface area contributed by atoms with Gasteiger partial charge in [0.1, 0.15) is 11.6 Å². The molecule has 1 amide bonds. The first-order chi connectivity index (χ1) is 14.4. The van der Waals surface area contributed by atoms with Gasteiger partial charge in [0.15, 0.2) is 10.8 Å². The Morgan fingerprint density at radius 1 is 1.27 bits per heavy atom. The van der Waals surface area contributed by atoms with Gasteiger partial charge in [0.05, 0.1) is 0 Å². The van der Waals surface area contributed by atoms with Crippen LogP contribution in [0.2, 0.25) is 0 Å². The molecule has 0 fully saturated rings. The third kappa shape index (κ3) is 4.02. The van der Waals surface area contributed by atoms with Crippen LogP contribution in [-0.4, -0.2) is 25.4 Å². The molecule has 0 radical (unpaired) electrons. The molecule has 0 aliphatic heterocycles. The molecule has 1 unspecified atom stereocenters. The number of aryl methyl sites for hydroxylation is 1. The maximum Gasteiger partial charge on any atom is 0.271 e. The Balaban J connectivity index is 1.61. The largest absolute Gasteiger partial charge is 0.340 e. The van der Waals surface area contributed by atoms with Crippen LogP contribution >= 0.6 is 11.3 Å². The van der Waals surface area contributed by atoms with Gasteiger partial charge >= 0.3 is 0 Å². The summed E-state index contributed by atoms with van der Waals surface area (Å²) in [6.45, 7) is 5.56. The number of hydrogen-bond donors (Lipinski definition) is 1. The fourth-order valence-electron chi connectivity index (χ4n) is 3.14. The molecule has 30 heavy (non-hydrogen) atoms. The van der Waals surface area contributed by atoms with Gasteiger partial charge in [0.25, 0.3) is 11.5 Å². The lowest BCUT2D eigenvalue weighted by molar-refractivity contribution is 0.0912. The van der Waals surface area contributed by atoms with Crippen LogP contribution in [0, 0.1) is 12.8 Å². The van der Waals surface area contributed by atoms with Crippen LogP contribution in [0.4, 0.5) is 0 Å². The molecule has 0 aliphatic rings. The minimum atomic E-state index is -0.521. The van der Waals surface area contributed by atoms with Crippen LogP contribution in [0.15, 0.2) is 52.0 Å². The Hall–Kier alpha value is -3.33. The topological polar surface area (TPSA) is 102 Å². The number of carbonyl (C=O) groups is 1. The van der Waals surface area contributed by atoms with Gasteiger partial charge in [-0.1, -0.05) is 49.3 Å². The van der Waals surface area contributed by atoms with Crippen molar-refractivity contribution < 1.29 is 9.32 Å². The first kappa shape index (κ1) is 20.0. The molecule has 4 rings (SSSR count). The zero-order chi connectivity index (χ0) is 21.3. The molecule has 0 saturated heterocycles. The number of benzene rings is 1. The highest BCUT2D eigenvalue weighted by Crippen LogP contribution is 2.21. The minimum Gasteiger partial charge on any atom is -0.340 e. The Bertz CT molecular complexity index is 1240. The standard InChI is InChI=1S/C21H21N5O3S/c1-12(2)17(19-23-13(3)25-29-19)24-18(27)16-10-22-21-26(20(16)28)11-15(30-21)9-14-7-5-4-6-8-14/h4-8,10-12,17H,9H2,1-3H3,(H,24,27). The monoisotopic (exact) mass is 423 g/mol. The number of nitrogens with one attached hydrogen (secondary N) is 1. The van der Waals surface area contributed by atoms with Gasteiger partial charge in [0.2, 0.25) is 5.89 Å². The van der Waals surface area contributed by atoms with E-state index in [0.29, 0.717) is 23.1 Å². The van der Waals surface area contributed by atoms with Crippen LogP contribution in [0.25, 0.3) is 4.96 Å². The van der Waals surface area contributed by atoms with Gasteiger partial charge in [-0.25, -0.2) is 4.98 Å². The molecule has 1 aromatic carbocycles. The molecule has 3 heterocycles. The zero-order valence-electron chi connectivity index (χ0n) is 16.8. The van der Waals surface area contributed by atoms with Crippen molar-refractivity contribution in [2.75, 3.05) is 0 Å². The molecule has 0 aliphatic carbocycles. The third-order valence-corrected chi connectivity index (χ3v) is 5.68. The summed E-state index contributed by atoms with van der Waals surface area (Å²) in [6, 6.07) is 9.48. The number of fused-ring (bicyclic) bond motifs is 1. The molecule has 4 aromatic rings. The lowest BCUT2D eigenvalue weighted by Gasteiger charge is -2.18. The van der Waals surface area contributed by atoms with Crippen LogP contribution in [0.3, 0.4) is 0 Å². The van der Waals surface area contributed by atoms with Crippen molar-refractivity contribution in [3.05, 3.63) is 80.8 Å². The molecule has 154 valence electrons. The Labute approximate surface area is 176 Å². The van der Waals surface area contributed by atoms with E-state index in [1.165, 1.54) is 21.9 Å². The quantitative estimate of drug-likeness (QED) is 0.511. The highest BCUT2D eigenvalue weighted by molar-refractivity contribution is 7.17. The summed E-state index contributed by atoms with van der Waals surface area (Å²) >= 11 is 1.43. The van der Waals surface area contributed by atoms with Crippen molar-refractivity contribution in [2.45, 2.75) is 33.2 Å². The van der Waals surface area contributed by atoms with Gasteiger partial charge < -0.3 is 9.84 Å². The number of carbonyl (C=O) groups excluding carboxylic acids is 1. The Kier molecular flexibility index (Phi) is 5.45. The zero-order valence-corrected chi connectivity index (χ0v) is 17.6. The molecule has 0 spiro atoms. The van der Waals surface area contributed by atoms with Gasteiger partial charge in [-0.05, 0) is 18.4 Å². The summed E-state index contributed by atoms with van der Waals surface area (Å²) in [4.78, 5) is 35.9. The fourth-order valence-corrected chi connectivity index (χ4v) is 4.11. The second-order valence-electron chi connectivity index (χ2n) is 7.36. The normalized spacial score (nSPS) is 12.4. The molecule has 8 nitrogen and oxygen atoms in total. The number of aromatic nitrogens is 4. The first-order valence-electron chi connectivity index (χ1n) is 9.57. The van der Waals surface area contributed by atoms with Gasteiger partial charge in [-0.2, -0.15) is 4.98 Å². The fraction of sp³-hybridized carbons (Fsp3) is 0.286. The molecular formula is C21H21N5O3S. The predicted octanol–water partition coefficient (Wildman–Crippen LogP) is 3.17. The second-order valence-corrected chi connectivity index (χ2v) is 8.46. The maximum absolute atomic E-state index is 12.9. The number of hydrogen-bond acceptors (Lipinski definition) is 7. The highest BCUT2D eigenvalue weighted by atomic mass is 32.1. The van der Waals surface area contributed by atoms with Crippen molar-refractivity contribution in [3.8, 4) is 0 Å². The number of nitrogens with zero attached hydrogens (tertiary/aromatic N) is 4. The highest BCUT2D eigenvalue weighted by Gasteiger charge is 2.26. The summed E-state index contributed by atoms with van der Waals surface area (Å²) in [5.74, 6) is 0.266. The van der Waals surface area contributed by atoms with Crippen molar-refractivity contribution in [2.24, 2.45) is 5.92 Å². The van der Waals surface area contributed by atoms with E-state index in [1.54, 1.807) is 13.1 Å². The molecular weight excluding hydrogens is 402 g/mol. The van der Waals surface area contributed by atoms with Crippen LogP contribution in [0.5, 0.6) is 0 Å². The van der Waals surface area contributed by atoms with E-state index < -0.39 is 17.5 Å². The van der Waals surface area contributed by atoms with Crippen molar-refractivity contribution in [1.29, 1.82) is 0 Å². The van der Waals surface area contributed by atoms with Crippen LogP contribution in [-0.2, 0) is 6.42 Å². The van der Waals surface area contributed by atoms with E-state index in [-0.39, 0.29) is 11.5 Å². The van der Waals surface area contributed by atoms with Gasteiger partial charge in [0, 0.05) is 23.7 Å². The first-order valence-corrected chi connectivity index (χ1v) is 10.4. The third-order valence-electron chi connectivity index (χ3n) is 4.68. The van der Waals surface area contributed by atoms with Gasteiger partial charge in [-0.15, -0.1) is 11.3 Å². The van der Waals surface area contributed by atoms with E-state index in [2.05, 4.69) is 20.4 Å². The van der Waals surface area contributed by atoms with E-state index in [4.69, 9.17) is 4.52 Å². The minimum absolute atomic E-state index is 0.00753. The van der Waals surface area contributed by atoms with E-state index in [0.717, 1.165) is 10.4 Å². The molecule has 1 atom stereocenters. The van der Waals surface area contributed by atoms with E-state index in [1.807, 2.05) is 44.2 Å². The maximum atomic E-state index is 12.9. The lowest BCUT2D eigenvalue weighted by atomic mass is 10.0. The Morgan fingerprint density at radius 3 is 2.70 bits per heavy atom. The van der Waals surface area contributed by atoms with Gasteiger partial charge in [-0.3, -0.25) is 14.0 Å². The second kappa shape index (κ2) is 8.19. The average Bonchev–Trinajstić information content (AvgIpc) is 3.33. The summed E-state index contributed by atoms with van der Waals surface area (Å²) in [5, 5.41) is 6.61. The molecule has 3 aromatic heterocycles. The number of thiazole rings is 1. The molecule has 0 saturated carbocycles. The molecule has 9 heteroatoms. The Morgan fingerprint density at radius 2 is 2.03 bits per heavy atom. The van der Waals surface area contributed by atoms with Crippen molar-refractivity contribution >= 4 is 22.2 Å². The lowest BCUT2D eigenvalue weighted by Crippen LogP contribution is -2.36. The number of amides is 1.